The predicted molar refractivity (Wildman–Crippen MR) is 232 cm³/mol. The van der Waals surface area contributed by atoms with Gasteiger partial charge in [0, 0.05) is 42.8 Å². The van der Waals surface area contributed by atoms with Gasteiger partial charge in [-0.1, -0.05) is 53.5 Å². The average Bonchev–Trinajstić information content (AvgIpc) is 3.69. The normalized spacial score (nSPS) is 19.5. The predicted octanol–water partition coefficient (Wildman–Crippen LogP) is 10.4. The molecule has 0 N–H and O–H groups in total. The summed E-state index contributed by atoms with van der Waals surface area (Å²) in [4.78, 5) is 28.1. The first kappa shape index (κ1) is 43.5. The Balaban J connectivity index is 1.45. The standard InChI is InChI=1S/C46H59F2N5O6Si/c1-28(2)60(29(3)4,30(5)6)19-16-34-37(47)15-14-31-20-32(58-27-55-10)21-35(38(31)34)40-39(48)41-36(24-49-40)42(51-43(50-41)57-26-46-22-33(23-46)56-25-46)52-17-12-11-13-18-53(52)44(54)59-45(7,8)9/h14-15,20-21,24,28-30,33H,11-13,17-18,22-23,25-27H2,1-10H3. The van der Waals surface area contributed by atoms with E-state index in [2.05, 4.69) is 53.0 Å². The number of carbonyl (C=O) groups is 1. The van der Waals surface area contributed by atoms with Crippen molar-refractivity contribution in [2.45, 2.75) is 123 Å². The van der Waals surface area contributed by atoms with Gasteiger partial charge in [-0.3, -0.25) is 9.99 Å². The summed E-state index contributed by atoms with van der Waals surface area (Å²) in [6.07, 6.45) is 5.31. The van der Waals surface area contributed by atoms with Gasteiger partial charge in [0.15, 0.2) is 18.4 Å². The Bertz CT molecular complexity index is 2290. The van der Waals surface area contributed by atoms with E-state index in [1.165, 1.54) is 24.4 Å². The maximum Gasteiger partial charge on any atom is 0.429 e. The number of nitrogens with zero attached hydrogens (tertiary/aromatic N) is 5. The molecule has 0 unspecified atom stereocenters. The first-order chi connectivity index (χ1) is 28.5. The lowest BCUT2D eigenvalue weighted by molar-refractivity contribution is 0.0232. The number of benzene rings is 2. The van der Waals surface area contributed by atoms with Gasteiger partial charge in [0.2, 0.25) is 0 Å². The van der Waals surface area contributed by atoms with Crippen LogP contribution in [0.1, 0.15) is 100.0 Å². The van der Waals surface area contributed by atoms with Gasteiger partial charge in [-0.15, -0.1) is 5.54 Å². The fourth-order valence-corrected chi connectivity index (χ4v) is 14.7. The van der Waals surface area contributed by atoms with Crippen LogP contribution in [0.2, 0.25) is 16.6 Å². The van der Waals surface area contributed by atoms with E-state index in [1.54, 1.807) is 23.2 Å². The monoisotopic (exact) mass is 843 g/mol. The van der Waals surface area contributed by atoms with Gasteiger partial charge in [-0.05, 0) is 93.1 Å². The van der Waals surface area contributed by atoms with E-state index >= 15 is 8.78 Å². The summed E-state index contributed by atoms with van der Waals surface area (Å²) in [6.45, 7) is 20.3. The van der Waals surface area contributed by atoms with Crippen molar-refractivity contribution < 1.29 is 37.3 Å². The van der Waals surface area contributed by atoms with Gasteiger partial charge in [0.1, 0.15) is 36.5 Å². The van der Waals surface area contributed by atoms with Crippen molar-refractivity contribution in [1.29, 1.82) is 0 Å². The van der Waals surface area contributed by atoms with Crippen LogP contribution in [-0.4, -0.2) is 86.0 Å². The number of hydrogen-bond acceptors (Lipinski definition) is 10. The van der Waals surface area contributed by atoms with E-state index < -0.39 is 31.4 Å². The van der Waals surface area contributed by atoms with Crippen molar-refractivity contribution in [3.8, 4) is 34.5 Å². The smallest absolute Gasteiger partial charge is 0.429 e. The lowest BCUT2D eigenvalue weighted by Crippen LogP contribution is -2.49. The highest BCUT2D eigenvalue weighted by Crippen LogP contribution is 2.50. The molecule has 0 atom stereocenters. The number of amides is 1. The quantitative estimate of drug-likeness (QED) is 0.0823. The average molecular weight is 844 g/mol. The third-order valence-corrected chi connectivity index (χ3v) is 18.7. The zero-order chi connectivity index (χ0) is 43.1. The molecule has 1 amide bonds. The Morgan fingerprint density at radius 2 is 1.72 bits per heavy atom. The molecule has 2 aromatic carbocycles. The summed E-state index contributed by atoms with van der Waals surface area (Å²) < 4.78 is 63.2. The summed E-state index contributed by atoms with van der Waals surface area (Å²) in [5.41, 5.74) is 4.00. The van der Waals surface area contributed by atoms with E-state index in [0.29, 0.717) is 59.4 Å². The maximum absolute atomic E-state index is 17.8. The van der Waals surface area contributed by atoms with Gasteiger partial charge in [0.25, 0.3) is 0 Å². The van der Waals surface area contributed by atoms with Crippen molar-refractivity contribution in [2.75, 3.05) is 45.2 Å². The molecule has 4 aliphatic rings. The molecule has 3 aliphatic heterocycles. The molecule has 5 heterocycles. The summed E-state index contributed by atoms with van der Waals surface area (Å²) >= 11 is 0. The van der Waals surface area contributed by atoms with Crippen molar-refractivity contribution >= 4 is 41.7 Å². The zero-order valence-corrected chi connectivity index (χ0v) is 37.7. The number of fused-ring (bicyclic) bond motifs is 3. The molecule has 60 heavy (non-hydrogen) atoms. The number of pyridine rings is 1. The topological polar surface area (TPSA) is 108 Å². The molecule has 4 aromatic rings. The fraction of sp³-hybridized carbons (Fsp3) is 0.565. The minimum atomic E-state index is -2.31. The van der Waals surface area contributed by atoms with Crippen LogP contribution in [0.25, 0.3) is 32.9 Å². The van der Waals surface area contributed by atoms with Crippen LogP contribution in [0.15, 0.2) is 30.5 Å². The first-order valence-corrected chi connectivity index (χ1v) is 23.5. The van der Waals surface area contributed by atoms with E-state index in [1.807, 2.05) is 20.8 Å². The van der Waals surface area contributed by atoms with Crippen LogP contribution >= 0.6 is 0 Å². The molecule has 8 rings (SSSR count). The van der Waals surface area contributed by atoms with Gasteiger partial charge < -0.3 is 23.7 Å². The number of anilines is 1. The molecule has 322 valence electrons. The maximum atomic E-state index is 17.8. The van der Waals surface area contributed by atoms with Crippen LogP contribution in [0.3, 0.4) is 0 Å². The molecule has 4 fully saturated rings. The lowest BCUT2D eigenvalue weighted by Gasteiger charge is -2.38. The number of carbonyl (C=O) groups excluding carboxylic acids is 1. The molecule has 1 aliphatic carbocycles. The van der Waals surface area contributed by atoms with Crippen LogP contribution in [0.5, 0.6) is 11.8 Å². The van der Waals surface area contributed by atoms with Crippen molar-refractivity contribution in [2.24, 2.45) is 5.41 Å². The minimum Gasteiger partial charge on any atom is -0.468 e. The fourth-order valence-electron chi connectivity index (χ4n) is 9.49. The van der Waals surface area contributed by atoms with Gasteiger partial charge in [-0.2, -0.15) is 9.97 Å². The molecule has 2 aromatic heterocycles. The molecule has 14 heteroatoms. The number of methoxy groups -OCH3 is 1. The summed E-state index contributed by atoms with van der Waals surface area (Å²) in [5.74, 6) is 2.69. The molecule has 3 saturated heterocycles. The van der Waals surface area contributed by atoms with Crippen LogP contribution in [0.4, 0.5) is 19.4 Å². The van der Waals surface area contributed by atoms with E-state index in [9.17, 15) is 4.79 Å². The second-order valence-electron chi connectivity index (χ2n) is 18.6. The zero-order valence-electron chi connectivity index (χ0n) is 36.7. The Morgan fingerprint density at radius 3 is 2.37 bits per heavy atom. The van der Waals surface area contributed by atoms with E-state index in [4.69, 9.17) is 38.6 Å². The van der Waals surface area contributed by atoms with Crippen LogP contribution < -0.4 is 14.5 Å². The molecule has 0 spiro atoms. The Morgan fingerprint density at radius 1 is 1.00 bits per heavy atom. The molecular formula is C46H59F2N5O6Si. The SMILES string of the molecule is COCOc1cc(-c2ncc3c(N4CCCCCN4C(=O)OC(C)(C)C)nc(OCC45COC(C4)C5)nc3c2F)c2c(C#C[Si](C(C)C)(C(C)C)C(C)C)c(F)ccc2c1. The number of hydrogen-bond donors (Lipinski definition) is 0. The second kappa shape index (κ2) is 17.1. The molecule has 11 nitrogen and oxygen atoms in total. The second-order valence-corrected chi connectivity index (χ2v) is 24.2. The number of aromatic nitrogens is 3. The van der Waals surface area contributed by atoms with E-state index in [-0.39, 0.29) is 57.9 Å². The van der Waals surface area contributed by atoms with Crippen molar-refractivity contribution in [3.05, 3.63) is 47.7 Å². The highest BCUT2D eigenvalue weighted by Gasteiger charge is 2.52. The first-order valence-electron chi connectivity index (χ1n) is 21.3. The molecule has 1 saturated carbocycles. The molecular weight excluding hydrogens is 785 g/mol. The lowest BCUT2D eigenvalue weighted by atomic mass is 9.71. The van der Waals surface area contributed by atoms with Crippen molar-refractivity contribution in [3.63, 3.8) is 0 Å². The van der Waals surface area contributed by atoms with E-state index in [0.717, 1.165) is 32.1 Å². The van der Waals surface area contributed by atoms with Gasteiger partial charge >= 0.3 is 12.1 Å². The van der Waals surface area contributed by atoms with Gasteiger partial charge in [-0.25, -0.2) is 18.6 Å². The van der Waals surface area contributed by atoms with Gasteiger partial charge in [0.05, 0.1) is 30.3 Å². The van der Waals surface area contributed by atoms with Crippen molar-refractivity contribution in [1.82, 2.24) is 20.0 Å². The summed E-state index contributed by atoms with van der Waals surface area (Å²) in [5, 5.41) is 4.54. The molecule has 0 radical (unpaired) electrons. The Kier molecular flexibility index (Phi) is 12.4. The summed E-state index contributed by atoms with van der Waals surface area (Å²) in [7, 11) is -0.801. The number of hydrazine groups is 1. The third-order valence-electron chi connectivity index (χ3n) is 12.4. The molecule has 2 bridgehead atoms. The number of ether oxygens (including phenoxy) is 5. The highest BCUT2D eigenvalue weighted by molar-refractivity contribution is 6.90. The number of halogens is 2. The minimum absolute atomic E-state index is 0.0383. The van der Waals surface area contributed by atoms with Crippen LogP contribution in [0, 0.1) is 28.5 Å². The highest BCUT2D eigenvalue weighted by atomic mass is 28.3. The van der Waals surface area contributed by atoms with Crippen LogP contribution in [-0.2, 0) is 14.2 Å². The largest absolute Gasteiger partial charge is 0.468 e. The Labute approximate surface area is 353 Å². The third kappa shape index (κ3) is 8.37. The number of rotatable bonds is 11. The Hall–Kier alpha value is -4.58. The summed E-state index contributed by atoms with van der Waals surface area (Å²) in [6, 6.07) is 6.41.